The maximum Gasteiger partial charge on any atom is 0.246 e. The number of carbonyl (C=O) groups is 1. The monoisotopic (exact) mass is 466 g/mol. The third-order valence-electron chi connectivity index (χ3n) is 5.87. The highest BCUT2D eigenvalue weighted by Gasteiger charge is 2.27. The highest BCUT2D eigenvalue weighted by atomic mass is 35.5. The fourth-order valence-electron chi connectivity index (χ4n) is 3.95. The second-order valence-electron chi connectivity index (χ2n) is 7.93. The van der Waals surface area contributed by atoms with Crippen molar-refractivity contribution < 1.29 is 18.8 Å². The Balaban J connectivity index is 1.17. The maximum atomic E-state index is 12.7. The van der Waals surface area contributed by atoms with E-state index in [9.17, 15) is 4.79 Å². The quantitative estimate of drug-likeness (QED) is 0.525. The topological polar surface area (TPSA) is 80.9 Å². The first-order valence-corrected chi connectivity index (χ1v) is 11.2. The van der Waals surface area contributed by atoms with Crippen LogP contribution in [0.2, 0.25) is 5.02 Å². The van der Waals surface area contributed by atoms with Gasteiger partial charge in [-0.3, -0.25) is 9.69 Å². The summed E-state index contributed by atoms with van der Waals surface area (Å²) in [4.78, 5) is 21.3. The van der Waals surface area contributed by atoms with Crippen molar-refractivity contribution in [2.24, 2.45) is 0 Å². The van der Waals surface area contributed by atoms with Gasteiger partial charge in [-0.1, -0.05) is 47.1 Å². The molecule has 170 valence electrons. The predicted octanol–water partition coefficient (Wildman–Crippen LogP) is 4.04. The van der Waals surface area contributed by atoms with Crippen molar-refractivity contribution in [3.05, 3.63) is 65.0 Å². The number of fused-ring (bicyclic) bond motifs is 1. The van der Waals surface area contributed by atoms with Crippen molar-refractivity contribution in [2.45, 2.75) is 13.0 Å². The Morgan fingerprint density at radius 1 is 1.12 bits per heavy atom. The second kappa shape index (κ2) is 9.25. The minimum Gasteiger partial charge on any atom is -0.454 e. The third-order valence-corrected chi connectivity index (χ3v) is 6.15. The van der Waals surface area contributed by atoms with E-state index in [0.29, 0.717) is 41.3 Å². The number of rotatable bonds is 5. The summed E-state index contributed by atoms with van der Waals surface area (Å²) in [6, 6.07) is 13.3. The van der Waals surface area contributed by atoms with Crippen molar-refractivity contribution in [3.63, 3.8) is 0 Å². The second-order valence-corrected chi connectivity index (χ2v) is 8.34. The van der Waals surface area contributed by atoms with Crippen LogP contribution in [-0.4, -0.2) is 58.8 Å². The van der Waals surface area contributed by atoms with Crippen LogP contribution in [-0.2, 0) is 4.79 Å². The van der Waals surface area contributed by atoms with Crippen LogP contribution in [0.15, 0.2) is 53.1 Å². The van der Waals surface area contributed by atoms with Gasteiger partial charge in [-0.2, -0.15) is 4.98 Å². The number of nitrogens with zero attached hydrogens (tertiary/aromatic N) is 4. The van der Waals surface area contributed by atoms with Crippen LogP contribution >= 0.6 is 11.6 Å². The zero-order valence-corrected chi connectivity index (χ0v) is 18.9. The SMILES string of the molecule is CC(c1nc(-c2ccccc2)no1)N1CCN(C(=O)/C=C/c2cc(Cl)c3c(c2)OCO3)CC1. The molecule has 2 aliphatic rings. The molecule has 2 aliphatic heterocycles. The molecule has 3 heterocycles. The van der Waals surface area contributed by atoms with Gasteiger partial charge in [0.25, 0.3) is 0 Å². The molecule has 1 atom stereocenters. The molecular weight excluding hydrogens is 444 g/mol. The molecule has 33 heavy (non-hydrogen) atoms. The summed E-state index contributed by atoms with van der Waals surface area (Å²) in [5, 5.41) is 4.58. The molecular formula is C24H23ClN4O4. The molecule has 0 aliphatic carbocycles. The minimum atomic E-state index is -0.0414. The zero-order valence-electron chi connectivity index (χ0n) is 18.1. The standard InChI is InChI=1S/C24H23ClN4O4/c1-16(24-26-23(27-33-24)18-5-3-2-4-6-18)28-9-11-29(12-10-28)21(30)8-7-17-13-19(25)22-20(14-17)31-15-32-22/h2-8,13-14,16H,9-12,15H2,1H3/b8-7+. The van der Waals surface area contributed by atoms with Crippen molar-refractivity contribution in [1.82, 2.24) is 19.9 Å². The summed E-state index contributed by atoms with van der Waals surface area (Å²) < 4.78 is 16.2. The molecule has 0 saturated carbocycles. The van der Waals surface area contributed by atoms with Crippen LogP contribution in [0.3, 0.4) is 0 Å². The average molecular weight is 467 g/mol. The Bertz CT molecular complexity index is 1170. The highest BCUT2D eigenvalue weighted by molar-refractivity contribution is 6.32. The number of aromatic nitrogens is 2. The molecule has 8 nitrogen and oxygen atoms in total. The van der Waals surface area contributed by atoms with Gasteiger partial charge in [-0.25, -0.2) is 0 Å². The summed E-state index contributed by atoms with van der Waals surface area (Å²) in [6.07, 6.45) is 3.31. The lowest BCUT2D eigenvalue weighted by atomic mass is 10.1. The van der Waals surface area contributed by atoms with Gasteiger partial charge in [0.1, 0.15) is 0 Å². The van der Waals surface area contributed by atoms with Crippen molar-refractivity contribution in [3.8, 4) is 22.9 Å². The molecule has 2 aromatic carbocycles. The van der Waals surface area contributed by atoms with Gasteiger partial charge < -0.3 is 18.9 Å². The number of halogens is 1. The summed E-state index contributed by atoms with van der Waals surface area (Å²) in [5.74, 6) is 2.25. The molecule has 1 saturated heterocycles. The number of benzene rings is 2. The number of carbonyl (C=O) groups excluding carboxylic acids is 1. The van der Waals surface area contributed by atoms with Crippen LogP contribution in [0.5, 0.6) is 11.5 Å². The van der Waals surface area contributed by atoms with Gasteiger partial charge in [0.05, 0.1) is 11.1 Å². The normalized spacial score (nSPS) is 17.0. The largest absolute Gasteiger partial charge is 0.454 e. The average Bonchev–Trinajstić information content (AvgIpc) is 3.53. The highest BCUT2D eigenvalue weighted by Crippen LogP contribution is 2.40. The Morgan fingerprint density at radius 2 is 1.91 bits per heavy atom. The Labute approximate surface area is 196 Å². The van der Waals surface area contributed by atoms with E-state index >= 15 is 0 Å². The van der Waals surface area contributed by atoms with E-state index in [1.165, 1.54) is 0 Å². The van der Waals surface area contributed by atoms with E-state index in [0.717, 1.165) is 24.2 Å². The molecule has 0 radical (unpaired) electrons. The zero-order chi connectivity index (χ0) is 22.8. The number of ether oxygens (including phenoxy) is 2. The van der Waals surface area contributed by atoms with Gasteiger partial charge in [0, 0.05) is 37.8 Å². The minimum absolute atomic E-state index is 0.0291. The molecule has 1 unspecified atom stereocenters. The molecule has 1 fully saturated rings. The fraction of sp³-hybridized carbons (Fsp3) is 0.292. The molecule has 9 heteroatoms. The molecule has 1 amide bonds. The maximum absolute atomic E-state index is 12.7. The molecule has 0 bridgehead atoms. The van der Waals surface area contributed by atoms with Crippen LogP contribution in [0.25, 0.3) is 17.5 Å². The lowest BCUT2D eigenvalue weighted by molar-refractivity contribution is -0.128. The molecule has 0 N–H and O–H groups in total. The van der Waals surface area contributed by atoms with Gasteiger partial charge in [-0.15, -0.1) is 0 Å². The molecule has 5 rings (SSSR count). The number of piperazine rings is 1. The van der Waals surface area contributed by atoms with Gasteiger partial charge in [0.15, 0.2) is 11.5 Å². The summed E-state index contributed by atoms with van der Waals surface area (Å²) in [7, 11) is 0. The van der Waals surface area contributed by atoms with Crippen molar-refractivity contribution >= 4 is 23.6 Å². The van der Waals surface area contributed by atoms with Crippen LogP contribution in [0, 0.1) is 0 Å². The van der Waals surface area contributed by atoms with Crippen LogP contribution in [0.1, 0.15) is 24.4 Å². The lowest BCUT2D eigenvalue weighted by Gasteiger charge is -2.36. The summed E-state index contributed by atoms with van der Waals surface area (Å²) in [5.41, 5.74) is 1.71. The van der Waals surface area contributed by atoms with E-state index in [1.54, 1.807) is 18.2 Å². The third kappa shape index (κ3) is 4.58. The van der Waals surface area contributed by atoms with Gasteiger partial charge in [-0.05, 0) is 30.7 Å². The van der Waals surface area contributed by atoms with E-state index in [-0.39, 0.29) is 18.7 Å². The molecule has 1 aromatic heterocycles. The van der Waals surface area contributed by atoms with Gasteiger partial charge >= 0.3 is 0 Å². The molecule has 3 aromatic rings. The van der Waals surface area contributed by atoms with Crippen molar-refractivity contribution in [1.29, 1.82) is 0 Å². The summed E-state index contributed by atoms with van der Waals surface area (Å²) >= 11 is 6.21. The van der Waals surface area contributed by atoms with Gasteiger partial charge in [0.2, 0.25) is 24.4 Å². The first-order chi connectivity index (χ1) is 16.1. The Kier molecular flexibility index (Phi) is 6.02. The first kappa shape index (κ1) is 21.5. The number of hydrogen-bond donors (Lipinski definition) is 0. The van der Waals surface area contributed by atoms with Crippen LogP contribution in [0.4, 0.5) is 0 Å². The smallest absolute Gasteiger partial charge is 0.246 e. The van der Waals surface area contributed by atoms with E-state index in [1.807, 2.05) is 48.2 Å². The Hall–Kier alpha value is -3.36. The predicted molar refractivity (Wildman–Crippen MR) is 123 cm³/mol. The first-order valence-electron chi connectivity index (χ1n) is 10.8. The van der Waals surface area contributed by atoms with E-state index < -0.39 is 0 Å². The fourth-order valence-corrected chi connectivity index (χ4v) is 4.23. The Morgan fingerprint density at radius 3 is 2.70 bits per heavy atom. The summed E-state index contributed by atoms with van der Waals surface area (Å²) in [6.45, 7) is 4.88. The molecule has 0 spiro atoms. The van der Waals surface area contributed by atoms with Crippen LogP contribution < -0.4 is 9.47 Å². The lowest BCUT2D eigenvalue weighted by Crippen LogP contribution is -2.48. The number of amides is 1. The van der Waals surface area contributed by atoms with E-state index in [2.05, 4.69) is 15.0 Å². The number of hydrogen-bond acceptors (Lipinski definition) is 7. The van der Waals surface area contributed by atoms with Crippen molar-refractivity contribution in [2.75, 3.05) is 33.0 Å². The van der Waals surface area contributed by atoms with E-state index in [4.69, 9.17) is 25.6 Å².